The second-order valence-corrected chi connectivity index (χ2v) is 7.72. The van der Waals surface area contributed by atoms with E-state index in [0.29, 0.717) is 31.5 Å². The molecule has 144 valence electrons. The van der Waals surface area contributed by atoms with Crippen molar-refractivity contribution in [1.29, 1.82) is 0 Å². The van der Waals surface area contributed by atoms with Crippen LogP contribution >= 0.6 is 0 Å². The Balaban J connectivity index is 1.77. The second-order valence-electron chi connectivity index (χ2n) is 7.72. The molecule has 0 aromatic heterocycles. The summed E-state index contributed by atoms with van der Waals surface area (Å²) in [5.41, 5.74) is 6.22. The monoisotopic (exact) mass is 363 g/mol. The zero-order valence-electron chi connectivity index (χ0n) is 15.9. The summed E-state index contributed by atoms with van der Waals surface area (Å²) in [5, 5.41) is 10.3. The highest BCUT2D eigenvalue weighted by atomic mass is 16.6. The Morgan fingerprint density at radius 1 is 1.27 bits per heavy atom. The number of hydrogen-bond donors (Lipinski definition) is 3. The van der Waals surface area contributed by atoms with Gasteiger partial charge in [0.25, 0.3) is 5.91 Å². The first-order valence-corrected chi connectivity index (χ1v) is 8.94. The highest BCUT2D eigenvalue weighted by Crippen LogP contribution is 2.21. The van der Waals surface area contributed by atoms with Crippen LogP contribution in [0.5, 0.6) is 0 Å². The molecule has 1 aliphatic rings. The second kappa shape index (κ2) is 8.51. The molecule has 1 unspecified atom stereocenters. The van der Waals surface area contributed by atoms with Crippen LogP contribution in [0.1, 0.15) is 49.5 Å². The number of aryl methyl sites for hydroxylation is 1. The van der Waals surface area contributed by atoms with E-state index in [1.54, 1.807) is 17.0 Å². The van der Waals surface area contributed by atoms with E-state index in [0.717, 1.165) is 5.56 Å². The fraction of sp³-hybridized carbons (Fsp3) is 0.579. The Labute approximate surface area is 154 Å². The average Bonchev–Trinajstić information content (AvgIpc) is 2.58. The predicted octanol–water partition coefficient (Wildman–Crippen LogP) is 2.19. The molecule has 0 spiro atoms. The lowest BCUT2D eigenvalue weighted by Crippen LogP contribution is -2.51. The van der Waals surface area contributed by atoms with Gasteiger partial charge in [0.1, 0.15) is 11.8 Å². The summed E-state index contributed by atoms with van der Waals surface area (Å²) in [7, 11) is 0. The fourth-order valence-corrected chi connectivity index (χ4v) is 2.84. The largest absolute Gasteiger partial charge is 0.444 e. The molecule has 1 aliphatic heterocycles. The molecular weight excluding hydrogens is 334 g/mol. The summed E-state index contributed by atoms with van der Waals surface area (Å²) in [4.78, 5) is 25.8. The number of likely N-dealkylation sites (tertiary alicyclic amines) is 1. The van der Waals surface area contributed by atoms with E-state index in [4.69, 9.17) is 4.74 Å². The van der Waals surface area contributed by atoms with Gasteiger partial charge in [-0.05, 0) is 52.7 Å². The van der Waals surface area contributed by atoms with Crippen molar-refractivity contribution in [2.75, 3.05) is 13.1 Å². The molecule has 1 aromatic carbocycles. The number of carbonyl (C=O) groups excluding carboxylic acids is 2. The van der Waals surface area contributed by atoms with Gasteiger partial charge in [-0.25, -0.2) is 10.2 Å². The molecule has 1 heterocycles. The van der Waals surface area contributed by atoms with Crippen LogP contribution in [-0.4, -0.2) is 46.9 Å². The summed E-state index contributed by atoms with van der Waals surface area (Å²) >= 11 is 0. The molecule has 1 aromatic rings. The number of aliphatic hydroxyl groups excluding tert-OH is 1. The van der Waals surface area contributed by atoms with Gasteiger partial charge in [-0.1, -0.05) is 17.7 Å². The first-order valence-electron chi connectivity index (χ1n) is 8.94. The number of piperidine rings is 1. The van der Waals surface area contributed by atoms with Crippen LogP contribution in [0.15, 0.2) is 24.3 Å². The van der Waals surface area contributed by atoms with Gasteiger partial charge in [0.2, 0.25) is 0 Å². The van der Waals surface area contributed by atoms with Gasteiger partial charge in [-0.2, -0.15) is 0 Å². The molecule has 1 saturated heterocycles. The van der Waals surface area contributed by atoms with E-state index in [9.17, 15) is 14.7 Å². The summed E-state index contributed by atoms with van der Waals surface area (Å²) in [6.45, 7) is 8.46. The number of nitrogens with one attached hydrogen (secondary N) is 2. The highest BCUT2D eigenvalue weighted by Gasteiger charge is 2.30. The van der Waals surface area contributed by atoms with Gasteiger partial charge in [0, 0.05) is 24.6 Å². The van der Waals surface area contributed by atoms with E-state index in [-0.39, 0.29) is 17.9 Å². The van der Waals surface area contributed by atoms with Crippen LogP contribution < -0.4 is 10.9 Å². The maximum Gasteiger partial charge on any atom is 0.410 e. The molecule has 7 nitrogen and oxygen atoms in total. The minimum absolute atomic E-state index is 0.0495. The van der Waals surface area contributed by atoms with Crippen LogP contribution in [0.4, 0.5) is 4.79 Å². The summed E-state index contributed by atoms with van der Waals surface area (Å²) in [6, 6.07) is 7.23. The topological polar surface area (TPSA) is 90.9 Å². The molecule has 1 atom stereocenters. The van der Waals surface area contributed by atoms with Crippen molar-refractivity contribution >= 4 is 12.0 Å². The average molecular weight is 363 g/mol. The Kier molecular flexibility index (Phi) is 6.61. The van der Waals surface area contributed by atoms with Gasteiger partial charge >= 0.3 is 6.09 Å². The van der Waals surface area contributed by atoms with Gasteiger partial charge in [0.15, 0.2) is 0 Å². The lowest BCUT2D eigenvalue weighted by molar-refractivity contribution is -0.000604. The molecule has 1 fully saturated rings. The molecule has 7 heteroatoms. The quantitative estimate of drug-likeness (QED) is 0.563. The Morgan fingerprint density at radius 2 is 1.92 bits per heavy atom. The molecular formula is C19H29N3O4. The highest BCUT2D eigenvalue weighted by molar-refractivity contribution is 5.93. The number of rotatable bonds is 4. The Morgan fingerprint density at radius 3 is 2.50 bits per heavy atom. The molecule has 2 rings (SSSR count). The third-order valence-corrected chi connectivity index (χ3v) is 4.25. The van der Waals surface area contributed by atoms with E-state index in [1.165, 1.54) is 0 Å². The van der Waals surface area contributed by atoms with Crippen molar-refractivity contribution in [3.8, 4) is 0 Å². The molecule has 2 amide bonds. The van der Waals surface area contributed by atoms with Crippen molar-refractivity contribution in [2.45, 2.75) is 52.4 Å². The SMILES string of the molecule is Cc1cccc(C(=O)NNC(O)C2CCN(C(=O)OC(C)(C)C)CC2)c1. The van der Waals surface area contributed by atoms with Crippen LogP contribution in [0.2, 0.25) is 0 Å². The van der Waals surface area contributed by atoms with Crippen LogP contribution in [0.3, 0.4) is 0 Å². The van der Waals surface area contributed by atoms with Gasteiger partial charge in [-0.15, -0.1) is 0 Å². The maximum absolute atomic E-state index is 12.1. The number of hydrazine groups is 1. The number of carbonyl (C=O) groups is 2. The lowest BCUT2D eigenvalue weighted by atomic mass is 9.95. The van der Waals surface area contributed by atoms with Crippen LogP contribution in [0, 0.1) is 12.8 Å². The van der Waals surface area contributed by atoms with Crippen molar-refractivity contribution in [1.82, 2.24) is 15.8 Å². The van der Waals surface area contributed by atoms with Gasteiger partial charge in [-0.3, -0.25) is 10.2 Å². The van der Waals surface area contributed by atoms with Crippen LogP contribution in [0.25, 0.3) is 0 Å². The van der Waals surface area contributed by atoms with Crippen molar-refractivity contribution in [2.24, 2.45) is 5.92 Å². The molecule has 0 aliphatic carbocycles. The zero-order chi connectivity index (χ0) is 19.3. The number of benzene rings is 1. The Bertz CT molecular complexity index is 634. The molecule has 3 N–H and O–H groups in total. The van der Waals surface area contributed by atoms with E-state index in [2.05, 4.69) is 10.9 Å². The van der Waals surface area contributed by atoms with E-state index in [1.807, 2.05) is 39.8 Å². The van der Waals surface area contributed by atoms with E-state index < -0.39 is 11.8 Å². The summed E-state index contributed by atoms with van der Waals surface area (Å²) < 4.78 is 5.36. The predicted molar refractivity (Wildman–Crippen MR) is 98.3 cm³/mol. The Hall–Kier alpha value is -2.12. The molecule has 0 bridgehead atoms. The standard InChI is InChI=1S/C19H29N3O4/c1-13-6-5-7-15(12-13)17(24)21-20-16(23)14-8-10-22(11-9-14)18(25)26-19(2,3)4/h5-7,12,14,16,20,23H,8-11H2,1-4H3,(H,21,24). The number of hydrogen-bond acceptors (Lipinski definition) is 5. The van der Waals surface area contributed by atoms with Crippen molar-refractivity contribution in [3.05, 3.63) is 35.4 Å². The first-order chi connectivity index (χ1) is 12.2. The smallest absolute Gasteiger partial charge is 0.410 e. The summed E-state index contributed by atoms with van der Waals surface area (Å²) in [6.07, 6.45) is 0.0669. The third kappa shape index (κ3) is 6.00. The minimum Gasteiger partial charge on any atom is -0.444 e. The number of nitrogens with zero attached hydrogens (tertiary/aromatic N) is 1. The normalized spacial score (nSPS) is 16.9. The maximum atomic E-state index is 12.1. The minimum atomic E-state index is -0.871. The summed E-state index contributed by atoms with van der Waals surface area (Å²) in [5.74, 6) is -0.342. The third-order valence-electron chi connectivity index (χ3n) is 4.25. The van der Waals surface area contributed by atoms with Crippen LogP contribution in [-0.2, 0) is 4.74 Å². The zero-order valence-corrected chi connectivity index (χ0v) is 15.9. The van der Waals surface area contributed by atoms with Crippen molar-refractivity contribution < 1.29 is 19.4 Å². The van der Waals surface area contributed by atoms with Gasteiger partial charge in [0.05, 0.1) is 0 Å². The number of aliphatic hydroxyl groups is 1. The first kappa shape index (κ1) is 20.2. The molecule has 26 heavy (non-hydrogen) atoms. The van der Waals surface area contributed by atoms with Crippen molar-refractivity contribution in [3.63, 3.8) is 0 Å². The number of amides is 2. The fourth-order valence-electron chi connectivity index (χ4n) is 2.84. The van der Waals surface area contributed by atoms with E-state index >= 15 is 0 Å². The van der Waals surface area contributed by atoms with Gasteiger partial charge < -0.3 is 14.7 Å². The molecule has 0 radical (unpaired) electrons. The molecule has 0 saturated carbocycles. The number of ether oxygens (including phenoxy) is 1. The lowest BCUT2D eigenvalue weighted by Gasteiger charge is -2.35.